The number of phenolic OH excluding ortho intramolecular Hbond substituents is 2. The van der Waals surface area contributed by atoms with Gasteiger partial charge in [0.1, 0.15) is 34.5 Å². The molecule has 0 aliphatic heterocycles. The summed E-state index contributed by atoms with van der Waals surface area (Å²) in [5.41, 5.74) is 2.87. The van der Waals surface area contributed by atoms with Gasteiger partial charge in [-0.2, -0.15) is 0 Å². The highest BCUT2D eigenvalue weighted by atomic mass is 16.5. The Morgan fingerprint density at radius 2 is 1.17 bits per heavy atom. The molecule has 3 rings (SSSR count). The highest BCUT2D eigenvalue weighted by molar-refractivity contribution is 5.48. The number of hydrogen-bond acceptors (Lipinski definition) is 4. The smallest absolute Gasteiger partial charge is 0.131 e. The van der Waals surface area contributed by atoms with Crippen LogP contribution in [0, 0.1) is 0 Å². The number of rotatable bonds is 9. The number of ether oxygens (including phenoxy) is 2. The quantitative estimate of drug-likeness (QED) is 0.293. The van der Waals surface area contributed by atoms with Gasteiger partial charge in [0.25, 0.3) is 0 Å². The topological polar surface area (TPSA) is 58.9 Å². The molecule has 3 aromatic carbocycles. The van der Waals surface area contributed by atoms with Crippen molar-refractivity contribution in [2.24, 2.45) is 0 Å². The molecule has 3 aromatic rings. The Labute approximate surface area is 216 Å². The predicted octanol–water partition coefficient (Wildman–Crippen LogP) is 9.40. The molecule has 0 radical (unpaired) electrons. The van der Waals surface area contributed by atoms with Gasteiger partial charge in [0, 0.05) is 12.1 Å². The summed E-state index contributed by atoms with van der Waals surface area (Å²) in [5, 5.41) is 20.5. The van der Waals surface area contributed by atoms with E-state index in [1.807, 2.05) is 30.3 Å². The minimum Gasteiger partial charge on any atom is -0.508 e. The Balaban J connectivity index is 1.92. The van der Waals surface area contributed by atoms with Crippen LogP contribution in [0.15, 0.2) is 54.6 Å². The first kappa shape index (κ1) is 27.4. The molecule has 0 spiro atoms. The summed E-state index contributed by atoms with van der Waals surface area (Å²) in [5.74, 6) is 3.07. The van der Waals surface area contributed by atoms with Gasteiger partial charge in [0.05, 0.1) is 0 Å². The van der Waals surface area contributed by atoms with E-state index in [2.05, 4.69) is 48.5 Å². The maximum absolute atomic E-state index is 10.3. The van der Waals surface area contributed by atoms with Crippen LogP contribution in [-0.4, -0.2) is 10.2 Å². The molecule has 0 aromatic heterocycles. The van der Waals surface area contributed by atoms with Crippen LogP contribution in [0.4, 0.5) is 0 Å². The van der Waals surface area contributed by atoms with Gasteiger partial charge in [0.2, 0.25) is 0 Å². The Bertz CT molecular complexity index is 1170. The zero-order valence-electron chi connectivity index (χ0n) is 22.9. The SMILES string of the molecule is CCCCCCc1cc(Oc2cc(O)cc(C(C)(C)C)c2)ccc1Oc1cc(O)cc(C(C)(C)C)c1. The first-order valence-electron chi connectivity index (χ1n) is 13.0. The summed E-state index contributed by atoms with van der Waals surface area (Å²) in [6, 6.07) is 16.7. The van der Waals surface area contributed by atoms with Crippen molar-refractivity contribution in [3.8, 4) is 34.5 Å². The average molecular weight is 491 g/mol. The summed E-state index contributed by atoms with van der Waals surface area (Å²) in [4.78, 5) is 0. The lowest BCUT2D eigenvalue weighted by atomic mass is 9.87. The normalized spacial score (nSPS) is 12.0. The van der Waals surface area contributed by atoms with Crippen molar-refractivity contribution < 1.29 is 19.7 Å². The van der Waals surface area contributed by atoms with Crippen LogP contribution >= 0.6 is 0 Å². The van der Waals surface area contributed by atoms with Gasteiger partial charge in [0.15, 0.2) is 0 Å². The summed E-state index contributed by atoms with van der Waals surface area (Å²) in [7, 11) is 0. The van der Waals surface area contributed by atoms with E-state index in [0.29, 0.717) is 17.2 Å². The fourth-order valence-electron chi connectivity index (χ4n) is 4.07. The van der Waals surface area contributed by atoms with E-state index in [9.17, 15) is 10.2 Å². The van der Waals surface area contributed by atoms with Crippen LogP contribution in [0.3, 0.4) is 0 Å². The Morgan fingerprint density at radius 3 is 1.69 bits per heavy atom. The van der Waals surface area contributed by atoms with Crippen molar-refractivity contribution in [1.82, 2.24) is 0 Å². The van der Waals surface area contributed by atoms with E-state index in [-0.39, 0.29) is 22.3 Å². The number of phenols is 2. The molecule has 4 heteroatoms. The van der Waals surface area contributed by atoms with Gasteiger partial charge in [-0.15, -0.1) is 0 Å². The largest absolute Gasteiger partial charge is 0.508 e. The van der Waals surface area contributed by atoms with E-state index in [0.717, 1.165) is 41.7 Å². The molecule has 0 bridgehead atoms. The Hall–Kier alpha value is -3.14. The highest BCUT2D eigenvalue weighted by Gasteiger charge is 2.18. The van der Waals surface area contributed by atoms with Crippen LogP contribution < -0.4 is 9.47 Å². The Morgan fingerprint density at radius 1 is 0.611 bits per heavy atom. The van der Waals surface area contributed by atoms with E-state index < -0.39 is 0 Å². The number of benzene rings is 3. The second-order valence-corrected chi connectivity index (χ2v) is 11.7. The highest BCUT2D eigenvalue weighted by Crippen LogP contribution is 2.37. The molecule has 4 nitrogen and oxygen atoms in total. The standard InChI is InChI=1S/C32H42O4/c1-8-9-10-11-12-22-15-27(35-28-18-23(31(2,3)4)16-25(33)20-28)13-14-30(22)36-29-19-24(32(5,6)7)17-26(34)21-29/h13-21,33-34H,8-12H2,1-7H3. The van der Waals surface area contributed by atoms with Crippen LogP contribution in [0.2, 0.25) is 0 Å². The molecule has 2 N–H and O–H groups in total. The first-order chi connectivity index (χ1) is 16.8. The molecular weight excluding hydrogens is 448 g/mol. The van der Waals surface area contributed by atoms with Crippen LogP contribution in [0.25, 0.3) is 0 Å². The van der Waals surface area contributed by atoms with E-state index in [1.165, 1.54) is 12.8 Å². The third-order valence-corrected chi connectivity index (χ3v) is 6.31. The fraction of sp³-hybridized carbons (Fsp3) is 0.438. The summed E-state index contributed by atoms with van der Waals surface area (Å²) < 4.78 is 12.5. The van der Waals surface area contributed by atoms with Gasteiger partial charge >= 0.3 is 0 Å². The van der Waals surface area contributed by atoms with Gasteiger partial charge in [-0.1, -0.05) is 67.7 Å². The zero-order valence-corrected chi connectivity index (χ0v) is 22.9. The molecule has 0 saturated heterocycles. The average Bonchev–Trinajstić information content (AvgIpc) is 2.76. The minimum atomic E-state index is -0.106. The molecule has 0 aliphatic rings. The summed E-state index contributed by atoms with van der Waals surface area (Å²) in [6.07, 6.45) is 5.46. The second-order valence-electron chi connectivity index (χ2n) is 11.7. The van der Waals surface area contributed by atoms with Crippen LogP contribution in [-0.2, 0) is 17.3 Å². The molecule has 0 atom stereocenters. The summed E-state index contributed by atoms with van der Waals surface area (Å²) in [6.45, 7) is 14.9. The van der Waals surface area contributed by atoms with Gasteiger partial charge in [-0.3, -0.25) is 0 Å². The number of unbranched alkanes of at least 4 members (excludes halogenated alkanes) is 3. The molecule has 194 valence electrons. The monoisotopic (exact) mass is 490 g/mol. The lowest BCUT2D eigenvalue weighted by Crippen LogP contribution is -2.11. The van der Waals surface area contributed by atoms with Crippen molar-refractivity contribution in [2.45, 2.75) is 91.4 Å². The number of hydrogen-bond donors (Lipinski definition) is 2. The minimum absolute atomic E-state index is 0.105. The lowest BCUT2D eigenvalue weighted by Gasteiger charge is -2.21. The Kier molecular flexibility index (Phi) is 8.60. The zero-order chi connectivity index (χ0) is 26.5. The summed E-state index contributed by atoms with van der Waals surface area (Å²) >= 11 is 0. The number of aryl methyl sites for hydroxylation is 1. The molecular formula is C32H42O4. The van der Waals surface area contributed by atoms with Crippen molar-refractivity contribution in [2.75, 3.05) is 0 Å². The van der Waals surface area contributed by atoms with Crippen molar-refractivity contribution in [3.05, 3.63) is 71.3 Å². The maximum atomic E-state index is 10.3. The molecule has 0 amide bonds. The third-order valence-electron chi connectivity index (χ3n) is 6.31. The molecule has 0 fully saturated rings. The van der Waals surface area contributed by atoms with Crippen LogP contribution in [0.1, 0.15) is 90.8 Å². The molecule has 0 heterocycles. The van der Waals surface area contributed by atoms with Gasteiger partial charge in [-0.05, 0) is 82.8 Å². The van der Waals surface area contributed by atoms with Gasteiger partial charge in [-0.25, -0.2) is 0 Å². The first-order valence-corrected chi connectivity index (χ1v) is 13.0. The van der Waals surface area contributed by atoms with Gasteiger partial charge < -0.3 is 19.7 Å². The second kappa shape index (κ2) is 11.3. The molecule has 0 unspecified atom stereocenters. The fourth-order valence-corrected chi connectivity index (χ4v) is 4.07. The van der Waals surface area contributed by atoms with Crippen molar-refractivity contribution in [3.63, 3.8) is 0 Å². The third kappa shape index (κ3) is 7.68. The van der Waals surface area contributed by atoms with Crippen molar-refractivity contribution in [1.29, 1.82) is 0 Å². The van der Waals surface area contributed by atoms with Crippen molar-refractivity contribution >= 4 is 0 Å². The molecule has 0 saturated carbocycles. The van der Waals surface area contributed by atoms with E-state index in [1.54, 1.807) is 24.3 Å². The predicted molar refractivity (Wildman–Crippen MR) is 148 cm³/mol. The van der Waals surface area contributed by atoms with Crippen LogP contribution in [0.5, 0.6) is 34.5 Å². The number of aromatic hydroxyl groups is 2. The van der Waals surface area contributed by atoms with E-state index >= 15 is 0 Å². The molecule has 36 heavy (non-hydrogen) atoms. The van der Waals surface area contributed by atoms with E-state index in [4.69, 9.17) is 9.47 Å². The molecule has 0 aliphatic carbocycles. The lowest BCUT2D eigenvalue weighted by molar-refractivity contribution is 0.439. The maximum Gasteiger partial charge on any atom is 0.131 e.